The van der Waals surface area contributed by atoms with Crippen LogP contribution in [-0.2, 0) is 4.62 Å². The van der Waals surface area contributed by atoms with Crippen LogP contribution in [0.25, 0.3) is 0 Å². The molecular formula is CH9NNa2O3P+. The van der Waals surface area contributed by atoms with Crippen LogP contribution in [0.15, 0.2) is 0 Å². The Balaban J connectivity index is -0.0000000208. The monoisotopic (exact) mass is 160 g/mol. The Labute approximate surface area is 95.9 Å². The van der Waals surface area contributed by atoms with Crippen molar-refractivity contribution in [2.24, 2.45) is 5.90 Å². The minimum atomic E-state index is -3.12. The van der Waals surface area contributed by atoms with E-state index in [1.807, 2.05) is 0 Å². The molecule has 0 unspecified atom stereocenters. The van der Waals surface area contributed by atoms with E-state index in [-0.39, 0.29) is 62.0 Å². The van der Waals surface area contributed by atoms with E-state index in [1.165, 1.54) is 0 Å². The summed E-state index contributed by atoms with van der Waals surface area (Å²) < 4.78 is 3.66. The first-order valence-electron chi connectivity index (χ1n) is 1.27. The van der Waals surface area contributed by atoms with Crippen LogP contribution >= 0.6 is 7.94 Å². The topological polar surface area (TPSA) is 75.7 Å². The van der Waals surface area contributed by atoms with Crippen molar-refractivity contribution in [3.8, 4) is 0 Å². The van der Waals surface area contributed by atoms with Crippen LogP contribution in [0.4, 0.5) is 0 Å². The molecular weight excluding hydrogens is 151 g/mol. The van der Waals surface area contributed by atoms with E-state index in [2.05, 4.69) is 10.5 Å². The normalized spacial score (nSPS) is 9.00. The average molecular weight is 160 g/mol. The van der Waals surface area contributed by atoms with E-state index in [9.17, 15) is 0 Å². The number of rotatable bonds is 1. The Bertz CT molecular complexity index is 54.3. The average Bonchev–Trinajstić information content (AvgIpc) is 1.35. The molecule has 0 aliphatic heterocycles. The summed E-state index contributed by atoms with van der Waals surface area (Å²) >= 11 is 0. The fourth-order valence-corrected chi connectivity index (χ4v) is 0. The molecule has 0 rings (SSSR count). The smallest absolute Gasteiger partial charge is 1.00 e. The second kappa shape index (κ2) is 7.38. The molecule has 0 aliphatic carbocycles. The number of hydrogen-bond acceptors (Lipinski definition) is 4. The molecule has 0 saturated heterocycles. The summed E-state index contributed by atoms with van der Waals surface area (Å²) in [5.74, 6) is 4.35. The maximum Gasteiger partial charge on any atom is 1.00 e. The summed E-state index contributed by atoms with van der Waals surface area (Å²) in [6.07, 6.45) is 0. The summed E-state index contributed by atoms with van der Waals surface area (Å²) in [5.41, 5.74) is 0. The van der Waals surface area contributed by atoms with Crippen LogP contribution in [-0.4, -0.2) is 16.5 Å². The molecule has 4 N–H and O–H groups in total. The quantitative estimate of drug-likeness (QED) is 0.202. The predicted molar refractivity (Wildman–Crippen MR) is 24.8 cm³/mol. The van der Waals surface area contributed by atoms with Crippen molar-refractivity contribution in [2.75, 3.05) is 6.66 Å². The van der Waals surface area contributed by atoms with E-state index in [1.54, 1.807) is 0 Å². The van der Waals surface area contributed by atoms with Crippen molar-refractivity contribution in [1.29, 1.82) is 0 Å². The summed E-state index contributed by atoms with van der Waals surface area (Å²) in [6, 6.07) is 0. The zero-order valence-corrected chi connectivity index (χ0v) is 10.2. The van der Waals surface area contributed by atoms with Crippen molar-refractivity contribution in [3.05, 3.63) is 0 Å². The summed E-state index contributed by atoms with van der Waals surface area (Å²) in [7, 11) is -3.12. The van der Waals surface area contributed by atoms with Gasteiger partial charge >= 0.3 is 67.1 Å². The van der Waals surface area contributed by atoms with Crippen molar-refractivity contribution >= 4 is 7.94 Å². The van der Waals surface area contributed by atoms with Gasteiger partial charge in [-0.05, 0) is 0 Å². The Morgan fingerprint density at radius 1 is 1.50 bits per heavy atom. The van der Waals surface area contributed by atoms with Gasteiger partial charge in [-0.15, -0.1) is 0 Å². The van der Waals surface area contributed by atoms with Crippen molar-refractivity contribution in [2.45, 2.75) is 0 Å². The zero-order valence-electron chi connectivity index (χ0n) is 7.33. The molecule has 0 aromatic heterocycles. The molecule has 0 heterocycles. The van der Waals surface area contributed by atoms with Crippen LogP contribution in [0.1, 0.15) is 2.85 Å². The minimum absolute atomic E-state index is 0. The zero-order chi connectivity index (χ0) is 5.21. The summed E-state index contributed by atoms with van der Waals surface area (Å²) in [6.45, 7) is 1.12. The SMILES string of the molecule is C[P+](O)(O)ON.[H-].[H-].[Na+].[Na+]. The molecule has 7 heteroatoms. The maximum absolute atomic E-state index is 8.15. The number of nitrogens with two attached hydrogens (primary N) is 1. The van der Waals surface area contributed by atoms with Gasteiger partial charge < -0.3 is 2.85 Å². The Morgan fingerprint density at radius 3 is 1.62 bits per heavy atom. The van der Waals surface area contributed by atoms with Gasteiger partial charge in [0, 0.05) is 0 Å². The Hall–Kier alpha value is 2.27. The first-order chi connectivity index (χ1) is 2.56. The second-order valence-corrected chi connectivity index (χ2v) is 2.82. The van der Waals surface area contributed by atoms with Gasteiger partial charge in [-0.25, -0.2) is 0 Å². The molecule has 0 atom stereocenters. The second-order valence-electron chi connectivity index (χ2n) is 0.941. The summed E-state index contributed by atoms with van der Waals surface area (Å²) in [4.78, 5) is 16.3. The molecule has 0 aromatic rings. The molecule has 0 radical (unpaired) electrons. The molecule has 0 bridgehead atoms. The molecule has 0 aromatic carbocycles. The van der Waals surface area contributed by atoms with E-state index in [4.69, 9.17) is 9.79 Å². The fourth-order valence-electron chi connectivity index (χ4n) is 0. The van der Waals surface area contributed by atoms with Gasteiger partial charge in [0.1, 0.15) is 6.66 Å². The van der Waals surface area contributed by atoms with E-state index in [0.29, 0.717) is 0 Å². The molecule has 4 nitrogen and oxygen atoms in total. The van der Waals surface area contributed by atoms with Gasteiger partial charge in [0.05, 0.1) is 0 Å². The maximum atomic E-state index is 8.15. The van der Waals surface area contributed by atoms with Crippen molar-refractivity contribution in [3.63, 3.8) is 0 Å². The number of hydrogen-bond donors (Lipinski definition) is 3. The third-order valence-corrected chi connectivity index (χ3v) is 0.599. The molecule has 8 heavy (non-hydrogen) atoms. The first-order valence-corrected chi connectivity index (χ1v) is 3.33. The van der Waals surface area contributed by atoms with Gasteiger partial charge in [0.25, 0.3) is 0 Å². The third-order valence-electron chi connectivity index (χ3n) is 0.200. The first kappa shape index (κ1) is 16.7. The van der Waals surface area contributed by atoms with Crippen LogP contribution in [0.5, 0.6) is 0 Å². The van der Waals surface area contributed by atoms with Gasteiger partial charge in [-0.2, -0.15) is 15.7 Å². The van der Waals surface area contributed by atoms with Crippen molar-refractivity contribution < 1.29 is 76.4 Å². The molecule has 0 amide bonds. The van der Waals surface area contributed by atoms with Crippen LogP contribution in [0.2, 0.25) is 0 Å². The Kier molecular flexibility index (Phi) is 15.4. The summed E-state index contributed by atoms with van der Waals surface area (Å²) in [5, 5.41) is 0. The van der Waals surface area contributed by atoms with Gasteiger partial charge in [-0.1, -0.05) is 4.62 Å². The predicted octanol–water partition coefficient (Wildman–Crippen LogP) is -6.51. The van der Waals surface area contributed by atoms with Crippen LogP contribution in [0.3, 0.4) is 0 Å². The van der Waals surface area contributed by atoms with E-state index >= 15 is 0 Å². The Morgan fingerprint density at radius 2 is 1.62 bits per heavy atom. The van der Waals surface area contributed by atoms with Gasteiger partial charge in [-0.3, -0.25) is 0 Å². The molecule has 0 spiro atoms. The molecule has 0 saturated carbocycles. The van der Waals surface area contributed by atoms with Crippen LogP contribution in [0, 0.1) is 0 Å². The molecule has 42 valence electrons. The van der Waals surface area contributed by atoms with Crippen molar-refractivity contribution in [1.82, 2.24) is 0 Å². The molecule has 0 aliphatic rings. The standard InChI is InChI=1S/CH7NO3P.2Na.2H/c1-6(3,4)5-2;;;;/h3-4H,2H2,1H3;;;;/q3*+1;2*-1. The third kappa shape index (κ3) is 15.7. The van der Waals surface area contributed by atoms with Gasteiger partial charge in [0.15, 0.2) is 0 Å². The minimum Gasteiger partial charge on any atom is -1.00 e. The van der Waals surface area contributed by atoms with E-state index in [0.717, 1.165) is 6.66 Å². The largest absolute Gasteiger partial charge is 1.00 e. The van der Waals surface area contributed by atoms with Crippen LogP contribution < -0.4 is 65.0 Å². The van der Waals surface area contributed by atoms with E-state index < -0.39 is 7.94 Å². The fraction of sp³-hybridized carbons (Fsp3) is 1.00. The molecule has 0 fully saturated rings. The van der Waals surface area contributed by atoms with Gasteiger partial charge in [0.2, 0.25) is 0 Å².